The van der Waals surface area contributed by atoms with Gasteiger partial charge in [-0.3, -0.25) is 0 Å². The molecule has 1 aliphatic heterocycles. The second-order valence-corrected chi connectivity index (χ2v) is 7.13. The predicted molar refractivity (Wildman–Crippen MR) is 111 cm³/mol. The van der Waals surface area contributed by atoms with E-state index < -0.39 is 0 Å². The number of carbonyl (C=O) groups excluding carboxylic acids is 1. The molecule has 150 valence electrons. The van der Waals surface area contributed by atoms with Crippen molar-refractivity contribution in [3.63, 3.8) is 0 Å². The lowest BCUT2D eigenvalue weighted by molar-refractivity contribution is 0.178. The maximum Gasteiger partial charge on any atom is 0.317 e. The lowest BCUT2D eigenvalue weighted by atomic mass is 9.94. The molecule has 0 bridgehead atoms. The van der Waals surface area contributed by atoms with Gasteiger partial charge in [-0.15, -0.1) is 0 Å². The molecule has 0 spiro atoms. The third-order valence-corrected chi connectivity index (χ3v) is 5.27. The van der Waals surface area contributed by atoms with Gasteiger partial charge in [-0.25, -0.2) is 4.79 Å². The Labute approximate surface area is 170 Å². The van der Waals surface area contributed by atoms with Crippen molar-refractivity contribution in [1.82, 2.24) is 15.4 Å². The van der Waals surface area contributed by atoms with Gasteiger partial charge in [0, 0.05) is 30.6 Å². The van der Waals surface area contributed by atoms with Gasteiger partial charge < -0.3 is 19.5 Å². The van der Waals surface area contributed by atoms with Crippen molar-refractivity contribution in [2.45, 2.75) is 18.8 Å². The highest BCUT2D eigenvalue weighted by Crippen LogP contribution is 2.29. The molecule has 3 aromatic rings. The summed E-state index contributed by atoms with van der Waals surface area (Å²) >= 11 is 0. The Morgan fingerprint density at radius 2 is 1.83 bits per heavy atom. The third-order valence-electron chi connectivity index (χ3n) is 5.27. The van der Waals surface area contributed by atoms with E-state index in [1.165, 1.54) is 0 Å². The first-order valence-corrected chi connectivity index (χ1v) is 10.0. The molecular weight excluding hydrogens is 366 g/mol. The van der Waals surface area contributed by atoms with Crippen LogP contribution >= 0.6 is 0 Å². The van der Waals surface area contributed by atoms with Gasteiger partial charge in [0.1, 0.15) is 18.6 Å². The number of para-hydroxylation sites is 1. The summed E-state index contributed by atoms with van der Waals surface area (Å²) in [6.07, 6.45) is 3.41. The van der Waals surface area contributed by atoms with E-state index in [-0.39, 0.29) is 6.03 Å². The second kappa shape index (κ2) is 9.28. The van der Waals surface area contributed by atoms with Gasteiger partial charge in [0.15, 0.2) is 0 Å². The fourth-order valence-electron chi connectivity index (χ4n) is 3.69. The number of piperidine rings is 1. The molecule has 1 N–H and O–H groups in total. The lowest BCUT2D eigenvalue weighted by Gasteiger charge is -2.31. The van der Waals surface area contributed by atoms with Crippen molar-refractivity contribution in [2.24, 2.45) is 0 Å². The molecule has 1 fully saturated rings. The number of rotatable bonds is 6. The van der Waals surface area contributed by atoms with E-state index in [1.54, 1.807) is 6.26 Å². The van der Waals surface area contributed by atoms with E-state index in [0.29, 0.717) is 19.1 Å². The van der Waals surface area contributed by atoms with Crippen molar-refractivity contribution in [2.75, 3.05) is 26.2 Å². The van der Waals surface area contributed by atoms with Gasteiger partial charge in [0.05, 0.1) is 12.2 Å². The molecule has 2 aromatic carbocycles. The van der Waals surface area contributed by atoms with Crippen molar-refractivity contribution in [3.05, 3.63) is 72.6 Å². The first kappa shape index (κ1) is 19.1. The fourth-order valence-corrected chi connectivity index (χ4v) is 3.69. The van der Waals surface area contributed by atoms with E-state index in [9.17, 15) is 4.79 Å². The Morgan fingerprint density at radius 3 is 2.59 bits per heavy atom. The zero-order chi connectivity index (χ0) is 19.9. The van der Waals surface area contributed by atoms with Gasteiger partial charge >= 0.3 is 6.03 Å². The molecule has 6 nitrogen and oxygen atoms in total. The van der Waals surface area contributed by atoms with E-state index in [4.69, 9.17) is 9.26 Å². The number of ether oxygens (including phenoxy) is 1. The van der Waals surface area contributed by atoms with E-state index in [1.807, 2.05) is 53.4 Å². The van der Waals surface area contributed by atoms with Crippen molar-refractivity contribution in [1.29, 1.82) is 0 Å². The van der Waals surface area contributed by atoms with Crippen LogP contribution in [0.3, 0.4) is 0 Å². The number of hydrogen-bond acceptors (Lipinski definition) is 4. The zero-order valence-electron chi connectivity index (χ0n) is 16.3. The molecule has 6 heteroatoms. The van der Waals surface area contributed by atoms with Gasteiger partial charge in [-0.1, -0.05) is 53.7 Å². The molecule has 0 radical (unpaired) electrons. The summed E-state index contributed by atoms with van der Waals surface area (Å²) in [7, 11) is 0. The maximum atomic E-state index is 12.4. The van der Waals surface area contributed by atoms with Crippen LogP contribution in [-0.2, 0) is 0 Å². The minimum atomic E-state index is -0.0384. The largest absolute Gasteiger partial charge is 0.491 e. The highest BCUT2D eigenvalue weighted by Gasteiger charge is 2.25. The third kappa shape index (κ3) is 4.77. The quantitative estimate of drug-likeness (QED) is 0.636. The summed E-state index contributed by atoms with van der Waals surface area (Å²) in [6, 6.07) is 20.0. The molecule has 0 aliphatic carbocycles. The Kier molecular flexibility index (Phi) is 6.10. The molecule has 0 saturated carbocycles. The van der Waals surface area contributed by atoms with Crippen LogP contribution in [0.1, 0.15) is 24.5 Å². The lowest BCUT2D eigenvalue weighted by Crippen LogP contribution is -2.45. The molecule has 4 rings (SSSR count). The monoisotopic (exact) mass is 391 g/mol. The van der Waals surface area contributed by atoms with Crippen LogP contribution in [0.4, 0.5) is 4.79 Å². The average Bonchev–Trinajstić information content (AvgIpc) is 3.33. The number of nitrogens with one attached hydrogen (secondary N) is 1. The van der Waals surface area contributed by atoms with Gasteiger partial charge in [0.25, 0.3) is 0 Å². The van der Waals surface area contributed by atoms with Crippen LogP contribution in [0.25, 0.3) is 11.1 Å². The van der Waals surface area contributed by atoms with Gasteiger partial charge in [-0.05, 0) is 24.5 Å². The van der Waals surface area contributed by atoms with Crippen molar-refractivity contribution in [3.8, 4) is 16.9 Å². The molecule has 1 aromatic heterocycles. The summed E-state index contributed by atoms with van der Waals surface area (Å²) in [5.74, 6) is 1.19. The van der Waals surface area contributed by atoms with Crippen molar-refractivity contribution >= 4 is 6.03 Å². The van der Waals surface area contributed by atoms with Gasteiger partial charge in [0.2, 0.25) is 0 Å². The summed E-state index contributed by atoms with van der Waals surface area (Å²) in [5.41, 5.74) is 3.15. The number of amides is 2. The van der Waals surface area contributed by atoms with Crippen LogP contribution in [0.5, 0.6) is 5.75 Å². The smallest absolute Gasteiger partial charge is 0.317 e. The van der Waals surface area contributed by atoms with E-state index in [2.05, 4.69) is 22.6 Å². The van der Waals surface area contributed by atoms with E-state index >= 15 is 0 Å². The summed E-state index contributed by atoms with van der Waals surface area (Å²) in [4.78, 5) is 14.3. The maximum absolute atomic E-state index is 12.4. The topological polar surface area (TPSA) is 67.6 Å². The van der Waals surface area contributed by atoms with Gasteiger partial charge in [-0.2, -0.15) is 0 Å². The van der Waals surface area contributed by atoms with E-state index in [0.717, 1.165) is 48.5 Å². The summed E-state index contributed by atoms with van der Waals surface area (Å²) in [5, 5.41) is 6.98. The minimum absolute atomic E-state index is 0.0384. The summed E-state index contributed by atoms with van der Waals surface area (Å²) in [6.45, 7) is 2.33. The molecule has 2 heterocycles. The molecule has 2 amide bonds. The number of aromatic nitrogens is 1. The molecule has 29 heavy (non-hydrogen) atoms. The molecule has 1 aliphatic rings. The number of hydrogen-bond donors (Lipinski definition) is 1. The Hall–Kier alpha value is -3.28. The highest BCUT2D eigenvalue weighted by atomic mass is 16.5. The number of carbonyl (C=O) groups is 1. The average molecular weight is 391 g/mol. The van der Waals surface area contributed by atoms with Crippen LogP contribution in [-0.4, -0.2) is 42.3 Å². The Bertz CT molecular complexity index is 904. The van der Waals surface area contributed by atoms with Crippen molar-refractivity contribution < 1.29 is 14.1 Å². The molecular formula is C23H25N3O3. The first-order valence-electron chi connectivity index (χ1n) is 10.0. The Balaban J connectivity index is 1.23. The predicted octanol–water partition coefficient (Wildman–Crippen LogP) is 4.31. The fraction of sp³-hybridized carbons (Fsp3) is 0.304. The number of nitrogens with zero attached hydrogens (tertiary/aromatic N) is 2. The molecule has 0 atom stereocenters. The molecule has 1 saturated heterocycles. The van der Waals surface area contributed by atoms with Crippen LogP contribution in [0, 0.1) is 0 Å². The standard InChI is InChI=1S/C23H25N3O3/c27-23(26-14-10-19(11-15-26)21-12-16-29-25-21)24-13-17-28-22-9-5-4-8-20(22)18-6-2-1-3-7-18/h1-9,12,16,19H,10-11,13-15,17H2,(H,24,27). The molecule has 0 unspecified atom stereocenters. The first-order chi connectivity index (χ1) is 14.3. The Morgan fingerprint density at radius 1 is 1.07 bits per heavy atom. The minimum Gasteiger partial charge on any atom is -0.491 e. The summed E-state index contributed by atoms with van der Waals surface area (Å²) < 4.78 is 10.9. The van der Waals surface area contributed by atoms with Crippen LogP contribution < -0.4 is 10.1 Å². The van der Waals surface area contributed by atoms with Crippen LogP contribution in [0.15, 0.2) is 71.4 Å². The number of urea groups is 1. The SMILES string of the molecule is O=C(NCCOc1ccccc1-c1ccccc1)N1CCC(c2ccon2)CC1. The van der Waals surface area contributed by atoms with Crippen LogP contribution in [0.2, 0.25) is 0 Å². The highest BCUT2D eigenvalue weighted by molar-refractivity contribution is 5.74. The zero-order valence-corrected chi connectivity index (χ0v) is 16.3. The normalized spacial score (nSPS) is 14.6. The number of benzene rings is 2. The second-order valence-electron chi connectivity index (χ2n) is 7.13. The number of likely N-dealkylation sites (tertiary alicyclic amines) is 1.